The Morgan fingerprint density at radius 3 is 2.31 bits per heavy atom. The summed E-state index contributed by atoms with van der Waals surface area (Å²) in [6.45, 7) is 9.88. The molecule has 1 unspecified atom stereocenters. The summed E-state index contributed by atoms with van der Waals surface area (Å²) in [5, 5.41) is 9.70. The van der Waals surface area contributed by atoms with E-state index in [9.17, 15) is 9.90 Å². The van der Waals surface area contributed by atoms with E-state index in [2.05, 4.69) is 18.7 Å². The van der Waals surface area contributed by atoms with Crippen LogP contribution in [0.4, 0.5) is 0 Å². The summed E-state index contributed by atoms with van der Waals surface area (Å²) < 4.78 is 0. The van der Waals surface area contributed by atoms with E-state index in [1.54, 1.807) is 11.8 Å². The molecule has 0 aliphatic carbocycles. The van der Waals surface area contributed by atoms with E-state index >= 15 is 0 Å². The lowest BCUT2D eigenvalue weighted by atomic mass is 9.69. The molecule has 3 nitrogen and oxygen atoms in total. The molecule has 4 heteroatoms. The van der Waals surface area contributed by atoms with Crippen LogP contribution in [0.3, 0.4) is 0 Å². The Balaban J connectivity index is 3.16. The first-order valence-electron chi connectivity index (χ1n) is 5.98. The number of thioether (sulfide) groups is 1. The van der Waals surface area contributed by atoms with Gasteiger partial charge in [0, 0.05) is 5.75 Å². The minimum atomic E-state index is -0.695. The molecule has 1 aliphatic heterocycles. The van der Waals surface area contributed by atoms with E-state index < -0.39 is 11.5 Å². The lowest BCUT2D eigenvalue weighted by Gasteiger charge is -2.52. The molecule has 0 bridgehead atoms. The van der Waals surface area contributed by atoms with Gasteiger partial charge in [-0.25, -0.2) is 0 Å². The van der Waals surface area contributed by atoms with Gasteiger partial charge in [-0.2, -0.15) is 11.8 Å². The zero-order valence-corrected chi connectivity index (χ0v) is 11.6. The molecule has 0 radical (unpaired) electrons. The minimum absolute atomic E-state index is 0.157. The Morgan fingerprint density at radius 1 is 1.38 bits per heavy atom. The van der Waals surface area contributed by atoms with Crippen LogP contribution >= 0.6 is 11.8 Å². The Morgan fingerprint density at radius 2 is 1.94 bits per heavy atom. The van der Waals surface area contributed by atoms with Crippen LogP contribution in [0.25, 0.3) is 0 Å². The SMILES string of the molecule is CCN(CC)C1(C(=O)O)CSCCC1(C)C. The molecule has 1 aliphatic rings. The number of carboxylic acid groups (broad SMARTS) is 1. The fourth-order valence-corrected chi connectivity index (χ4v) is 4.51. The largest absolute Gasteiger partial charge is 0.480 e. The van der Waals surface area contributed by atoms with E-state index in [4.69, 9.17) is 0 Å². The van der Waals surface area contributed by atoms with Gasteiger partial charge in [0.2, 0.25) is 0 Å². The molecule has 1 fully saturated rings. The monoisotopic (exact) mass is 245 g/mol. The van der Waals surface area contributed by atoms with Crippen LogP contribution in [0.2, 0.25) is 0 Å². The number of hydrogen-bond acceptors (Lipinski definition) is 3. The summed E-state index contributed by atoms with van der Waals surface area (Å²) >= 11 is 1.77. The van der Waals surface area contributed by atoms with E-state index in [1.807, 2.05) is 13.8 Å². The Bertz CT molecular complexity index is 264. The molecular weight excluding hydrogens is 222 g/mol. The summed E-state index contributed by atoms with van der Waals surface area (Å²) in [6, 6.07) is 0. The fourth-order valence-electron chi connectivity index (χ4n) is 2.72. The molecule has 0 spiro atoms. The molecule has 1 rings (SSSR count). The third kappa shape index (κ3) is 1.97. The van der Waals surface area contributed by atoms with Crippen molar-refractivity contribution in [3.8, 4) is 0 Å². The number of rotatable bonds is 4. The molecule has 16 heavy (non-hydrogen) atoms. The summed E-state index contributed by atoms with van der Waals surface area (Å²) in [7, 11) is 0. The highest BCUT2D eigenvalue weighted by Crippen LogP contribution is 2.46. The number of hydrogen-bond donors (Lipinski definition) is 1. The van der Waals surface area contributed by atoms with E-state index in [0.29, 0.717) is 5.75 Å². The van der Waals surface area contributed by atoms with E-state index in [1.165, 1.54) is 0 Å². The number of likely N-dealkylation sites (N-methyl/N-ethyl adjacent to an activating group) is 1. The molecule has 0 amide bonds. The Labute approximate surface area is 103 Å². The molecule has 94 valence electrons. The van der Waals surface area contributed by atoms with Gasteiger partial charge in [0.25, 0.3) is 0 Å². The van der Waals surface area contributed by atoms with Crippen molar-refractivity contribution in [2.24, 2.45) is 5.41 Å². The number of carbonyl (C=O) groups is 1. The van der Waals surface area contributed by atoms with Gasteiger partial charge in [0.05, 0.1) is 0 Å². The number of aliphatic carboxylic acids is 1. The quantitative estimate of drug-likeness (QED) is 0.825. The highest BCUT2D eigenvalue weighted by Gasteiger charge is 2.55. The second-order valence-corrected chi connectivity index (χ2v) is 6.13. The molecule has 1 heterocycles. The van der Waals surface area contributed by atoms with Gasteiger partial charge in [0.15, 0.2) is 0 Å². The summed E-state index contributed by atoms with van der Waals surface area (Å²) in [5.41, 5.74) is -0.852. The Kier molecular flexibility index (Phi) is 4.29. The van der Waals surface area contributed by atoms with Crippen molar-refractivity contribution in [2.45, 2.75) is 39.7 Å². The second kappa shape index (κ2) is 4.96. The maximum atomic E-state index is 11.8. The van der Waals surface area contributed by atoms with Crippen molar-refractivity contribution in [2.75, 3.05) is 24.6 Å². The van der Waals surface area contributed by atoms with Crippen molar-refractivity contribution in [3.05, 3.63) is 0 Å². The van der Waals surface area contributed by atoms with Crippen LogP contribution < -0.4 is 0 Å². The van der Waals surface area contributed by atoms with Gasteiger partial charge in [0.1, 0.15) is 5.54 Å². The number of nitrogens with zero attached hydrogens (tertiary/aromatic N) is 1. The van der Waals surface area contributed by atoms with Crippen molar-refractivity contribution in [3.63, 3.8) is 0 Å². The van der Waals surface area contributed by atoms with Crippen molar-refractivity contribution >= 4 is 17.7 Å². The molecule has 1 N–H and O–H groups in total. The summed E-state index contributed by atoms with van der Waals surface area (Å²) in [5.74, 6) is 1.12. The van der Waals surface area contributed by atoms with Gasteiger partial charge < -0.3 is 5.11 Å². The zero-order valence-electron chi connectivity index (χ0n) is 10.7. The van der Waals surface area contributed by atoms with Gasteiger partial charge in [-0.05, 0) is 30.7 Å². The minimum Gasteiger partial charge on any atom is -0.480 e. The Hall–Kier alpha value is -0.220. The van der Waals surface area contributed by atoms with Crippen molar-refractivity contribution < 1.29 is 9.90 Å². The van der Waals surface area contributed by atoms with Gasteiger partial charge in [-0.3, -0.25) is 9.69 Å². The molecule has 0 aromatic carbocycles. The maximum Gasteiger partial charge on any atom is 0.325 e. The van der Waals surface area contributed by atoms with Gasteiger partial charge in [-0.1, -0.05) is 27.7 Å². The first-order valence-corrected chi connectivity index (χ1v) is 7.14. The molecule has 1 saturated heterocycles. The standard InChI is InChI=1S/C12H23NO2S/c1-5-13(6-2)12(10(14)15)9-16-8-7-11(12,3)4/h5-9H2,1-4H3,(H,14,15). The average Bonchev–Trinajstić information content (AvgIpc) is 2.21. The zero-order chi connectivity index (χ0) is 12.4. The molecule has 0 saturated carbocycles. The lowest BCUT2D eigenvalue weighted by molar-refractivity contribution is -0.159. The highest BCUT2D eigenvalue weighted by molar-refractivity contribution is 7.99. The van der Waals surface area contributed by atoms with Crippen LogP contribution in [-0.4, -0.2) is 46.1 Å². The maximum absolute atomic E-state index is 11.8. The van der Waals surface area contributed by atoms with Crippen molar-refractivity contribution in [1.29, 1.82) is 0 Å². The summed E-state index contributed by atoms with van der Waals surface area (Å²) in [6.07, 6.45) is 0.973. The second-order valence-electron chi connectivity index (χ2n) is 5.02. The van der Waals surface area contributed by atoms with E-state index in [0.717, 1.165) is 25.3 Å². The predicted molar refractivity (Wildman–Crippen MR) is 69.0 cm³/mol. The van der Waals surface area contributed by atoms with Gasteiger partial charge >= 0.3 is 5.97 Å². The van der Waals surface area contributed by atoms with Crippen LogP contribution in [0.1, 0.15) is 34.1 Å². The average molecular weight is 245 g/mol. The molecule has 0 aromatic rings. The van der Waals surface area contributed by atoms with Crippen molar-refractivity contribution in [1.82, 2.24) is 4.90 Å². The van der Waals surface area contributed by atoms with Crippen LogP contribution in [-0.2, 0) is 4.79 Å². The van der Waals surface area contributed by atoms with Crippen LogP contribution in [0.15, 0.2) is 0 Å². The summed E-state index contributed by atoms with van der Waals surface area (Å²) in [4.78, 5) is 13.9. The smallest absolute Gasteiger partial charge is 0.325 e. The highest BCUT2D eigenvalue weighted by atomic mass is 32.2. The van der Waals surface area contributed by atoms with Crippen LogP contribution in [0.5, 0.6) is 0 Å². The molecular formula is C12H23NO2S. The number of carboxylic acids is 1. The first kappa shape index (κ1) is 13.8. The van der Waals surface area contributed by atoms with E-state index in [-0.39, 0.29) is 5.41 Å². The van der Waals surface area contributed by atoms with Crippen LogP contribution in [0, 0.1) is 5.41 Å². The third-order valence-corrected chi connectivity index (χ3v) is 5.07. The molecule has 0 aromatic heterocycles. The predicted octanol–water partition coefficient (Wildman–Crippen LogP) is 2.31. The van der Waals surface area contributed by atoms with Gasteiger partial charge in [-0.15, -0.1) is 0 Å². The lowest BCUT2D eigenvalue weighted by Crippen LogP contribution is -2.66. The topological polar surface area (TPSA) is 40.5 Å². The molecule has 1 atom stereocenters. The fraction of sp³-hybridized carbons (Fsp3) is 0.917. The third-order valence-electron chi connectivity index (χ3n) is 3.96. The normalized spacial score (nSPS) is 29.3. The first-order chi connectivity index (χ1) is 7.42.